The molecule has 0 unspecified atom stereocenters. The van der Waals surface area contributed by atoms with Crippen molar-refractivity contribution in [3.05, 3.63) is 41.6 Å². The van der Waals surface area contributed by atoms with Crippen LogP contribution in [0.3, 0.4) is 0 Å². The van der Waals surface area contributed by atoms with E-state index in [1.54, 1.807) is 0 Å². The number of nitrogens with one attached hydrogen (secondary N) is 1. The highest BCUT2D eigenvalue weighted by molar-refractivity contribution is 5.64. The van der Waals surface area contributed by atoms with Crippen molar-refractivity contribution in [2.45, 2.75) is 25.7 Å². The maximum Gasteiger partial charge on any atom is 0.137 e. The number of pyridine rings is 2. The molecule has 2 aliphatic heterocycles. The van der Waals surface area contributed by atoms with Crippen molar-refractivity contribution in [3.63, 3.8) is 0 Å². The molecule has 2 aromatic rings. The average Bonchev–Trinajstić information content (AvgIpc) is 2.54. The molecule has 0 saturated heterocycles. The van der Waals surface area contributed by atoms with Crippen molar-refractivity contribution in [2.75, 3.05) is 23.3 Å². The van der Waals surface area contributed by atoms with Crippen LogP contribution in [0.2, 0.25) is 0 Å². The van der Waals surface area contributed by atoms with Crippen molar-refractivity contribution < 1.29 is 0 Å². The van der Waals surface area contributed by atoms with Gasteiger partial charge in [0.05, 0.1) is 0 Å². The highest BCUT2D eigenvalue weighted by Gasteiger charge is 2.21. The predicted octanol–water partition coefficient (Wildman–Crippen LogP) is 2.92. The Morgan fingerprint density at radius 1 is 1.05 bits per heavy atom. The van der Waals surface area contributed by atoms with Crippen LogP contribution >= 0.6 is 0 Å². The minimum atomic E-state index is 0.996. The van der Waals surface area contributed by atoms with E-state index in [9.17, 15) is 0 Å². The lowest BCUT2D eigenvalue weighted by molar-refractivity contribution is 0.743. The molecule has 0 aliphatic carbocycles. The zero-order valence-electron chi connectivity index (χ0n) is 11.5. The standard InChI is InChI=1S/C16H18N4/c1-4-12-7-8-14(19-15(12)17-9-1)20-11-3-6-13-5-2-10-18-16(13)20/h2,5,7-8,10H,1,3-4,6,9,11H2,(H,17,19). The quantitative estimate of drug-likeness (QED) is 0.861. The molecule has 2 aromatic heterocycles. The molecule has 0 saturated carbocycles. The molecule has 0 radical (unpaired) electrons. The van der Waals surface area contributed by atoms with Gasteiger partial charge in [0.25, 0.3) is 0 Å². The molecule has 1 N–H and O–H groups in total. The van der Waals surface area contributed by atoms with Crippen LogP contribution in [-0.2, 0) is 12.8 Å². The second-order valence-corrected chi connectivity index (χ2v) is 5.45. The van der Waals surface area contributed by atoms with Crippen LogP contribution in [0.15, 0.2) is 30.5 Å². The molecule has 4 heteroatoms. The molecule has 0 fully saturated rings. The van der Waals surface area contributed by atoms with E-state index in [2.05, 4.69) is 33.4 Å². The summed E-state index contributed by atoms with van der Waals surface area (Å²) in [5.41, 5.74) is 2.66. The number of rotatable bonds is 1. The van der Waals surface area contributed by atoms with Gasteiger partial charge in [-0.05, 0) is 48.9 Å². The molecule has 4 heterocycles. The first-order chi connectivity index (χ1) is 9.92. The normalized spacial score (nSPS) is 17.1. The van der Waals surface area contributed by atoms with Crippen LogP contribution in [0.1, 0.15) is 24.0 Å². The Labute approximate surface area is 118 Å². The zero-order valence-corrected chi connectivity index (χ0v) is 11.5. The summed E-state index contributed by atoms with van der Waals surface area (Å²) in [6, 6.07) is 8.53. The smallest absolute Gasteiger partial charge is 0.137 e. The Kier molecular flexibility index (Phi) is 2.80. The third-order valence-electron chi connectivity index (χ3n) is 4.11. The summed E-state index contributed by atoms with van der Waals surface area (Å²) < 4.78 is 0. The average molecular weight is 266 g/mol. The van der Waals surface area contributed by atoms with Gasteiger partial charge in [-0.3, -0.25) is 0 Å². The van der Waals surface area contributed by atoms with Crippen LogP contribution in [-0.4, -0.2) is 23.1 Å². The lowest BCUT2D eigenvalue weighted by Gasteiger charge is -2.30. The number of hydrogen-bond acceptors (Lipinski definition) is 4. The van der Waals surface area contributed by atoms with Crippen molar-refractivity contribution in [1.29, 1.82) is 0 Å². The summed E-state index contributed by atoms with van der Waals surface area (Å²) in [7, 11) is 0. The molecule has 0 amide bonds. The molecule has 0 aromatic carbocycles. The third-order valence-corrected chi connectivity index (χ3v) is 4.11. The van der Waals surface area contributed by atoms with Crippen molar-refractivity contribution in [3.8, 4) is 0 Å². The fourth-order valence-corrected chi connectivity index (χ4v) is 3.09. The van der Waals surface area contributed by atoms with Crippen LogP contribution < -0.4 is 10.2 Å². The number of aryl methyl sites for hydroxylation is 2. The molecule has 0 bridgehead atoms. The fourth-order valence-electron chi connectivity index (χ4n) is 3.09. The number of hydrogen-bond donors (Lipinski definition) is 1. The number of nitrogens with zero attached hydrogens (tertiary/aromatic N) is 3. The van der Waals surface area contributed by atoms with E-state index in [-0.39, 0.29) is 0 Å². The van der Waals surface area contributed by atoms with Gasteiger partial charge in [-0.25, -0.2) is 9.97 Å². The summed E-state index contributed by atoms with van der Waals surface area (Å²) in [4.78, 5) is 11.6. The fraction of sp³-hybridized carbons (Fsp3) is 0.375. The Hall–Kier alpha value is -2.10. The van der Waals surface area contributed by atoms with Crippen LogP contribution in [0.4, 0.5) is 17.5 Å². The summed E-state index contributed by atoms with van der Waals surface area (Å²) in [6.45, 7) is 2.02. The molecule has 102 valence electrons. The number of anilines is 3. The summed E-state index contributed by atoms with van der Waals surface area (Å²) in [6.07, 6.45) is 6.47. The Bertz CT molecular complexity index is 638. The zero-order chi connectivity index (χ0) is 13.4. The van der Waals surface area contributed by atoms with E-state index >= 15 is 0 Å². The highest BCUT2D eigenvalue weighted by atomic mass is 15.2. The molecule has 20 heavy (non-hydrogen) atoms. The summed E-state index contributed by atoms with van der Waals surface area (Å²) in [5, 5.41) is 3.41. The SMILES string of the molecule is c1cnc2c(c1)CCCN2c1ccc2c(n1)NCCC2. The Balaban J connectivity index is 1.75. The van der Waals surface area contributed by atoms with Gasteiger partial charge in [0, 0.05) is 19.3 Å². The second-order valence-electron chi connectivity index (χ2n) is 5.45. The predicted molar refractivity (Wildman–Crippen MR) is 80.6 cm³/mol. The monoisotopic (exact) mass is 266 g/mol. The van der Waals surface area contributed by atoms with Gasteiger partial charge in [-0.2, -0.15) is 0 Å². The van der Waals surface area contributed by atoms with E-state index < -0.39 is 0 Å². The van der Waals surface area contributed by atoms with Gasteiger partial charge in [0.15, 0.2) is 0 Å². The lowest BCUT2D eigenvalue weighted by atomic mass is 10.0. The third kappa shape index (κ3) is 1.92. The van der Waals surface area contributed by atoms with Crippen LogP contribution in [0, 0.1) is 0 Å². The van der Waals surface area contributed by atoms with Gasteiger partial charge in [-0.1, -0.05) is 12.1 Å². The molecule has 4 rings (SSSR count). The van der Waals surface area contributed by atoms with E-state index in [1.165, 1.54) is 17.5 Å². The van der Waals surface area contributed by atoms with Crippen molar-refractivity contribution in [1.82, 2.24) is 9.97 Å². The molecule has 4 nitrogen and oxygen atoms in total. The molecular formula is C16H18N4. The molecule has 0 atom stereocenters. The first-order valence-corrected chi connectivity index (χ1v) is 7.37. The summed E-state index contributed by atoms with van der Waals surface area (Å²) >= 11 is 0. The van der Waals surface area contributed by atoms with Crippen molar-refractivity contribution in [2.24, 2.45) is 0 Å². The Morgan fingerprint density at radius 2 is 2.00 bits per heavy atom. The van der Waals surface area contributed by atoms with E-state index in [1.807, 2.05) is 12.3 Å². The van der Waals surface area contributed by atoms with E-state index in [0.29, 0.717) is 0 Å². The van der Waals surface area contributed by atoms with E-state index in [0.717, 1.165) is 49.8 Å². The minimum absolute atomic E-state index is 0.996. The molecular weight excluding hydrogens is 248 g/mol. The van der Waals surface area contributed by atoms with Gasteiger partial charge in [0.2, 0.25) is 0 Å². The van der Waals surface area contributed by atoms with Crippen molar-refractivity contribution >= 4 is 17.5 Å². The number of fused-ring (bicyclic) bond motifs is 2. The largest absolute Gasteiger partial charge is 0.370 e. The molecule has 0 spiro atoms. The highest BCUT2D eigenvalue weighted by Crippen LogP contribution is 2.32. The summed E-state index contributed by atoms with van der Waals surface area (Å²) in [5.74, 6) is 3.14. The second kappa shape index (κ2) is 4.78. The van der Waals surface area contributed by atoms with Gasteiger partial charge in [-0.15, -0.1) is 0 Å². The first kappa shape index (κ1) is 11.7. The van der Waals surface area contributed by atoms with Crippen LogP contribution in [0.5, 0.6) is 0 Å². The van der Waals surface area contributed by atoms with Gasteiger partial charge >= 0.3 is 0 Å². The number of aromatic nitrogens is 2. The van der Waals surface area contributed by atoms with Gasteiger partial charge < -0.3 is 10.2 Å². The molecule has 2 aliphatic rings. The van der Waals surface area contributed by atoms with Crippen LogP contribution in [0.25, 0.3) is 0 Å². The maximum atomic E-state index is 4.81. The van der Waals surface area contributed by atoms with E-state index in [4.69, 9.17) is 4.98 Å². The Morgan fingerprint density at radius 3 is 3.00 bits per heavy atom. The topological polar surface area (TPSA) is 41.1 Å². The minimum Gasteiger partial charge on any atom is -0.370 e. The lowest BCUT2D eigenvalue weighted by Crippen LogP contribution is -2.27. The first-order valence-electron chi connectivity index (χ1n) is 7.37. The van der Waals surface area contributed by atoms with Gasteiger partial charge in [0.1, 0.15) is 17.5 Å². The maximum absolute atomic E-state index is 4.81.